The molecule has 0 bridgehead atoms. The number of anilines is 5. The van der Waals surface area contributed by atoms with Gasteiger partial charge >= 0.3 is 12.0 Å². The van der Waals surface area contributed by atoms with Gasteiger partial charge < -0.3 is 20.1 Å². The van der Waals surface area contributed by atoms with Gasteiger partial charge in [-0.2, -0.15) is 15.0 Å². The maximum Gasteiger partial charge on any atom is 0.328 e. The van der Waals surface area contributed by atoms with E-state index in [0.29, 0.717) is 34.3 Å². The third-order valence-corrected chi connectivity index (χ3v) is 8.10. The van der Waals surface area contributed by atoms with Crippen LogP contribution >= 0.6 is 0 Å². The number of hydrogen-bond acceptors (Lipinski definition) is 11. The Hall–Kier alpha value is -6.35. The monoisotopic (exact) mass is 663 g/mol. The summed E-state index contributed by atoms with van der Waals surface area (Å²) in [4.78, 5) is 34.2. The van der Waals surface area contributed by atoms with Crippen molar-refractivity contribution in [3.63, 3.8) is 0 Å². The Balaban J connectivity index is 1.25. The third-order valence-electron chi connectivity index (χ3n) is 6.75. The van der Waals surface area contributed by atoms with Crippen LogP contribution in [-0.4, -0.2) is 46.5 Å². The third kappa shape index (κ3) is 7.71. The summed E-state index contributed by atoms with van der Waals surface area (Å²) in [5.74, 6) is 0.810. The van der Waals surface area contributed by atoms with Crippen LogP contribution < -0.4 is 30.1 Å². The number of sulfonamides is 1. The van der Waals surface area contributed by atoms with Crippen molar-refractivity contribution in [1.29, 1.82) is 0 Å². The highest BCUT2D eigenvalue weighted by molar-refractivity contribution is 7.92. The zero-order chi connectivity index (χ0) is 33.7. The molecule has 2 heterocycles. The first-order valence-corrected chi connectivity index (χ1v) is 16.0. The Morgan fingerprint density at radius 1 is 0.688 bits per heavy atom. The predicted octanol–water partition coefficient (Wildman–Crippen LogP) is 6.42. The van der Waals surface area contributed by atoms with Crippen LogP contribution in [0.3, 0.4) is 0 Å². The SMILES string of the molecule is COc1ccccc1NC(=O)Nc1nc(Nc2ccc(S(=O)(=O)Nc3nc(C)cc(C)n3)cc2)nc(Oc2ccc3ccccc3c2)n1. The summed E-state index contributed by atoms with van der Waals surface area (Å²) in [6.45, 7) is 3.50. The summed E-state index contributed by atoms with van der Waals surface area (Å²) < 4.78 is 39.7. The molecule has 0 atom stereocenters. The number of benzene rings is 4. The average Bonchev–Trinajstić information content (AvgIpc) is 3.04. The molecule has 0 unspecified atom stereocenters. The minimum absolute atomic E-state index is 0.0119. The van der Waals surface area contributed by atoms with Gasteiger partial charge in [0.25, 0.3) is 10.0 Å². The van der Waals surface area contributed by atoms with Crippen molar-refractivity contribution in [3.05, 3.63) is 108 Å². The molecule has 0 radical (unpaired) electrons. The van der Waals surface area contributed by atoms with Crippen LogP contribution in [0.1, 0.15) is 11.4 Å². The second-order valence-corrected chi connectivity index (χ2v) is 12.1. The first-order valence-electron chi connectivity index (χ1n) is 14.5. The fourth-order valence-corrected chi connectivity index (χ4v) is 5.59. The fraction of sp³-hybridized carbons (Fsp3) is 0.0909. The van der Waals surface area contributed by atoms with Crippen molar-refractivity contribution in [2.75, 3.05) is 27.8 Å². The number of carbonyl (C=O) groups is 1. The second-order valence-electron chi connectivity index (χ2n) is 10.4. The van der Waals surface area contributed by atoms with Crippen LogP contribution in [0, 0.1) is 13.8 Å². The van der Waals surface area contributed by atoms with E-state index < -0.39 is 16.1 Å². The number of ether oxygens (including phenoxy) is 2. The molecule has 0 fully saturated rings. The number of rotatable bonds is 10. The van der Waals surface area contributed by atoms with E-state index in [2.05, 4.69) is 45.6 Å². The molecular weight excluding hydrogens is 634 g/mol. The van der Waals surface area contributed by atoms with E-state index >= 15 is 0 Å². The van der Waals surface area contributed by atoms with E-state index in [0.717, 1.165) is 10.8 Å². The van der Waals surface area contributed by atoms with Gasteiger partial charge in [-0.25, -0.2) is 27.9 Å². The van der Waals surface area contributed by atoms with E-state index in [4.69, 9.17) is 9.47 Å². The normalized spacial score (nSPS) is 11.1. The number of amides is 2. The van der Waals surface area contributed by atoms with Crippen molar-refractivity contribution >= 4 is 56.0 Å². The molecule has 242 valence electrons. The lowest BCUT2D eigenvalue weighted by Crippen LogP contribution is -2.22. The zero-order valence-electron chi connectivity index (χ0n) is 25.9. The summed E-state index contributed by atoms with van der Waals surface area (Å²) in [6.07, 6.45) is 0. The number of aromatic nitrogens is 5. The number of aryl methyl sites for hydroxylation is 2. The van der Waals surface area contributed by atoms with Gasteiger partial charge in [0.1, 0.15) is 11.5 Å². The molecule has 0 spiro atoms. The van der Waals surface area contributed by atoms with Gasteiger partial charge in [0.05, 0.1) is 17.7 Å². The molecule has 0 aliphatic heterocycles. The van der Waals surface area contributed by atoms with Crippen LogP contribution in [0.4, 0.5) is 34.0 Å². The van der Waals surface area contributed by atoms with Gasteiger partial charge in [0, 0.05) is 17.1 Å². The number of urea groups is 1. The van der Waals surface area contributed by atoms with Gasteiger partial charge in [-0.05, 0) is 79.2 Å². The number of nitrogens with zero attached hydrogens (tertiary/aromatic N) is 5. The highest BCUT2D eigenvalue weighted by atomic mass is 32.2. The van der Waals surface area contributed by atoms with Crippen LogP contribution in [0.25, 0.3) is 10.8 Å². The molecule has 2 aromatic heterocycles. The Morgan fingerprint density at radius 3 is 2.12 bits per heavy atom. The molecule has 4 aromatic carbocycles. The van der Waals surface area contributed by atoms with E-state index in [9.17, 15) is 13.2 Å². The van der Waals surface area contributed by atoms with Crippen molar-refractivity contribution in [2.45, 2.75) is 18.7 Å². The Labute approximate surface area is 275 Å². The second kappa shape index (κ2) is 13.6. The fourth-order valence-electron chi connectivity index (χ4n) is 4.65. The minimum atomic E-state index is -3.97. The smallest absolute Gasteiger partial charge is 0.328 e. The zero-order valence-corrected chi connectivity index (χ0v) is 26.7. The van der Waals surface area contributed by atoms with E-state index in [1.54, 1.807) is 50.2 Å². The lowest BCUT2D eigenvalue weighted by molar-refractivity contribution is 0.262. The molecule has 2 amide bonds. The number of methoxy groups -OCH3 is 1. The molecule has 0 saturated heterocycles. The Kier molecular flexibility index (Phi) is 8.93. The molecule has 14 nitrogen and oxygen atoms in total. The average molecular weight is 664 g/mol. The molecule has 0 aliphatic rings. The van der Waals surface area contributed by atoms with Crippen molar-refractivity contribution < 1.29 is 22.7 Å². The van der Waals surface area contributed by atoms with Crippen LogP contribution in [0.15, 0.2) is 102 Å². The molecular formula is C33H29N9O5S. The maximum absolute atomic E-state index is 13.0. The predicted molar refractivity (Wildman–Crippen MR) is 182 cm³/mol. The minimum Gasteiger partial charge on any atom is -0.495 e. The molecule has 48 heavy (non-hydrogen) atoms. The highest BCUT2D eigenvalue weighted by Crippen LogP contribution is 2.27. The Morgan fingerprint density at radius 2 is 1.38 bits per heavy atom. The maximum atomic E-state index is 13.0. The summed E-state index contributed by atoms with van der Waals surface area (Å²) in [6, 6.07) is 27.1. The van der Waals surface area contributed by atoms with Crippen molar-refractivity contribution in [3.8, 4) is 17.5 Å². The molecule has 4 N–H and O–H groups in total. The standard InChI is InChI=1S/C33H29N9O5S/c1-20-18-21(2)35-31(34-20)42-48(44,45)26-16-13-24(14-17-26)36-29-38-30(39-32(43)37-27-10-6-7-11-28(27)46-3)41-33(40-29)47-25-15-12-22-8-4-5-9-23(22)19-25/h4-19H,1-3H3,(H,34,35,42)(H3,36,37,38,39,40,41,43). The highest BCUT2D eigenvalue weighted by Gasteiger charge is 2.17. The molecule has 15 heteroatoms. The number of fused-ring (bicyclic) bond motifs is 1. The molecule has 0 saturated carbocycles. The quantitative estimate of drug-likeness (QED) is 0.127. The summed E-state index contributed by atoms with van der Waals surface area (Å²) >= 11 is 0. The Bertz CT molecular complexity index is 2210. The van der Waals surface area contributed by atoms with Crippen LogP contribution in [0.2, 0.25) is 0 Å². The number of hydrogen-bond donors (Lipinski definition) is 4. The van der Waals surface area contributed by atoms with Gasteiger partial charge in [0.15, 0.2) is 0 Å². The summed E-state index contributed by atoms with van der Waals surface area (Å²) in [5.41, 5.74) is 2.15. The first kappa shape index (κ1) is 31.6. The van der Waals surface area contributed by atoms with E-state index in [-0.39, 0.29) is 28.8 Å². The van der Waals surface area contributed by atoms with E-state index in [1.807, 2.05) is 36.4 Å². The van der Waals surface area contributed by atoms with Crippen molar-refractivity contribution in [1.82, 2.24) is 24.9 Å². The van der Waals surface area contributed by atoms with Gasteiger partial charge in [-0.1, -0.05) is 42.5 Å². The summed E-state index contributed by atoms with van der Waals surface area (Å²) in [5, 5.41) is 10.3. The topological polar surface area (TPSA) is 182 Å². The number of carbonyl (C=O) groups excluding carboxylic acids is 1. The first-order chi connectivity index (χ1) is 23.1. The van der Waals surface area contributed by atoms with Crippen LogP contribution in [-0.2, 0) is 10.0 Å². The molecule has 6 rings (SSSR count). The van der Waals surface area contributed by atoms with Gasteiger partial charge in [0.2, 0.25) is 17.8 Å². The van der Waals surface area contributed by atoms with Gasteiger partial charge in [-0.3, -0.25) is 5.32 Å². The lowest BCUT2D eigenvalue weighted by atomic mass is 10.1. The van der Waals surface area contributed by atoms with Crippen LogP contribution in [0.5, 0.6) is 17.5 Å². The molecule has 6 aromatic rings. The lowest BCUT2D eigenvalue weighted by Gasteiger charge is -2.13. The number of nitrogens with one attached hydrogen (secondary N) is 4. The van der Waals surface area contributed by atoms with E-state index in [1.165, 1.54) is 31.4 Å². The largest absolute Gasteiger partial charge is 0.495 e. The number of para-hydroxylation sites is 2. The van der Waals surface area contributed by atoms with Crippen molar-refractivity contribution in [2.24, 2.45) is 0 Å². The summed E-state index contributed by atoms with van der Waals surface area (Å²) in [7, 11) is -2.48. The molecule has 0 aliphatic carbocycles. The van der Waals surface area contributed by atoms with Gasteiger partial charge in [-0.15, -0.1) is 0 Å².